The quantitative estimate of drug-likeness (QED) is 0.556. The van der Waals surface area contributed by atoms with E-state index in [-0.39, 0.29) is 12.5 Å². The molecule has 0 aromatic heterocycles. The van der Waals surface area contributed by atoms with Crippen LogP contribution in [0.1, 0.15) is 11.1 Å². The number of rotatable bonds is 8. The van der Waals surface area contributed by atoms with Crippen molar-refractivity contribution in [3.63, 3.8) is 0 Å². The largest absolute Gasteiger partial charge is 0.497 e. The van der Waals surface area contributed by atoms with Crippen molar-refractivity contribution in [2.45, 2.75) is 6.42 Å². The molecule has 0 aliphatic rings. The van der Waals surface area contributed by atoms with Crippen LogP contribution in [0.15, 0.2) is 58.2 Å². The van der Waals surface area contributed by atoms with E-state index in [4.69, 9.17) is 9.57 Å². The summed E-state index contributed by atoms with van der Waals surface area (Å²) in [5, 5.41) is 6.59. The van der Waals surface area contributed by atoms with E-state index in [0.717, 1.165) is 27.8 Å². The van der Waals surface area contributed by atoms with Gasteiger partial charge in [-0.1, -0.05) is 51.4 Å². The standard InChI is InChI=1S/C18H19BrN2O3/c1-23-16-8-6-14(7-9-16)10-11-20-18(22)13-24-21-12-15-4-2-3-5-17(15)19/h2-9,12H,10-11,13H2,1H3,(H,20,22)/b21-12-. The Morgan fingerprint density at radius 1 is 1.21 bits per heavy atom. The van der Waals surface area contributed by atoms with E-state index >= 15 is 0 Å². The zero-order valence-corrected chi connectivity index (χ0v) is 15.0. The highest BCUT2D eigenvalue weighted by atomic mass is 79.9. The lowest BCUT2D eigenvalue weighted by Gasteiger charge is -2.05. The van der Waals surface area contributed by atoms with E-state index < -0.39 is 0 Å². The van der Waals surface area contributed by atoms with Gasteiger partial charge in [0.2, 0.25) is 0 Å². The molecule has 0 unspecified atom stereocenters. The summed E-state index contributed by atoms with van der Waals surface area (Å²) < 4.78 is 6.02. The van der Waals surface area contributed by atoms with Crippen molar-refractivity contribution in [2.75, 3.05) is 20.3 Å². The average molecular weight is 391 g/mol. The van der Waals surface area contributed by atoms with Crippen LogP contribution in [-0.4, -0.2) is 32.4 Å². The van der Waals surface area contributed by atoms with E-state index in [1.54, 1.807) is 13.3 Å². The zero-order chi connectivity index (χ0) is 17.2. The van der Waals surface area contributed by atoms with E-state index in [2.05, 4.69) is 26.4 Å². The maximum Gasteiger partial charge on any atom is 0.260 e. The van der Waals surface area contributed by atoms with Gasteiger partial charge < -0.3 is 14.9 Å². The van der Waals surface area contributed by atoms with Crippen LogP contribution in [0, 0.1) is 0 Å². The maximum absolute atomic E-state index is 11.7. The maximum atomic E-state index is 11.7. The first-order valence-electron chi connectivity index (χ1n) is 7.48. The van der Waals surface area contributed by atoms with E-state index in [1.807, 2.05) is 48.5 Å². The number of carbonyl (C=O) groups excluding carboxylic acids is 1. The highest BCUT2D eigenvalue weighted by Crippen LogP contribution is 2.13. The van der Waals surface area contributed by atoms with E-state index in [1.165, 1.54) is 0 Å². The molecule has 5 nitrogen and oxygen atoms in total. The molecule has 0 atom stereocenters. The number of oxime groups is 1. The molecule has 0 heterocycles. The molecule has 2 aromatic carbocycles. The van der Waals surface area contributed by atoms with Gasteiger partial charge in [0.05, 0.1) is 13.3 Å². The lowest BCUT2D eigenvalue weighted by Crippen LogP contribution is -2.28. The molecule has 0 saturated heterocycles. The Hall–Kier alpha value is -2.34. The Kier molecular flexibility index (Phi) is 7.29. The number of nitrogens with zero attached hydrogens (tertiary/aromatic N) is 1. The Bertz CT molecular complexity index is 687. The summed E-state index contributed by atoms with van der Waals surface area (Å²) in [6.07, 6.45) is 2.31. The van der Waals surface area contributed by atoms with Crippen LogP contribution >= 0.6 is 15.9 Å². The minimum Gasteiger partial charge on any atom is -0.497 e. The molecule has 0 bridgehead atoms. The highest BCUT2D eigenvalue weighted by Gasteiger charge is 2.01. The SMILES string of the molecule is COc1ccc(CCNC(=O)CO/N=C\c2ccccc2Br)cc1. The first-order chi connectivity index (χ1) is 11.7. The number of hydrogen-bond donors (Lipinski definition) is 1. The monoisotopic (exact) mass is 390 g/mol. The number of nitrogens with one attached hydrogen (secondary N) is 1. The van der Waals surface area contributed by atoms with Crippen LogP contribution in [0.5, 0.6) is 5.75 Å². The predicted molar refractivity (Wildman–Crippen MR) is 97.4 cm³/mol. The summed E-state index contributed by atoms with van der Waals surface area (Å²) in [5.41, 5.74) is 2.02. The molecule has 24 heavy (non-hydrogen) atoms. The lowest BCUT2D eigenvalue weighted by atomic mass is 10.1. The summed E-state index contributed by atoms with van der Waals surface area (Å²) in [6.45, 7) is 0.437. The number of carbonyl (C=O) groups is 1. The van der Waals surface area contributed by atoms with Crippen molar-refractivity contribution in [1.82, 2.24) is 5.32 Å². The van der Waals surface area contributed by atoms with Crippen LogP contribution in [0.25, 0.3) is 0 Å². The second-order valence-corrected chi connectivity index (χ2v) is 5.83. The van der Waals surface area contributed by atoms with Gasteiger partial charge in [-0.15, -0.1) is 0 Å². The minimum atomic E-state index is -0.201. The molecule has 0 aliphatic heterocycles. The van der Waals surface area contributed by atoms with E-state index in [0.29, 0.717) is 6.54 Å². The van der Waals surface area contributed by atoms with Crippen molar-refractivity contribution >= 4 is 28.1 Å². The van der Waals surface area contributed by atoms with Gasteiger partial charge >= 0.3 is 0 Å². The summed E-state index contributed by atoms with van der Waals surface area (Å²) in [4.78, 5) is 16.7. The molecule has 2 aromatic rings. The zero-order valence-electron chi connectivity index (χ0n) is 13.4. The van der Waals surface area contributed by atoms with Crippen LogP contribution in [-0.2, 0) is 16.1 Å². The molecule has 1 N–H and O–H groups in total. The lowest BCUT2D eigenvalue weighted by molar-refractivity contribution is -0.125. The van der Waals surface area contributed by atoms with Crippen molar-refractivity contribution < 1.29 is 14.4 Å². The molecule has 0 radical (unpaired) electrons. The molecular formula is C18H19BrN2O3. The smallest absolute Gasteiger partial charge is 0.260 e. The van der Waals surface area contributed by atoms with E-state index in [9.17, 15) is 4.79 Å². The van der Waals surface area contributed by atoms with Gasteiger partial charge in [0.1, 0.15) is 5.75 Å². The van der Waals surface area contributed by atoms with Crippen LogP contribution in [0.3, 0.4) is 0 Å². The fourth-order valence-corrected chi connectivity index (χ4v) is 2.35. The van der Waals surface area contributed by atoms with Crippen molar-refractivity contribution in [2.24, 2.45) is 5.16 Å². The molecule has 126 valence electrons. The van der Waals surface area contributed by atoms with Crippen molar-refractivity contribution in [3.05, 3.63) is 64.1 Å². The Balaban J connectivity index is 1.65. The number of amides is 1. The normalized spacial score (nSPS) is 10.6. The number of ether oxygens (including phenoxy) is 1. The molecule has 0 fully saturated rings. The molecule has 0 saturated carbocycles. The summed E-state index contributed by atoms with van der Waals surface area (Å²) in [6, 6.07) is 15.4. The molecular weight excluding hydrogens is 372 g/mol. The molecule has 0 aliphatic carbocycles. The second-order valence-electron chi connectivity index (χ2n) is 4.98. The van der Waals surface area contributed by atoms with Gasteiger partial charge in [0.15, 0.2) is 6.61 Å². The van der Waals surface area contributed by atoms with Gasteiger partial charge in [0.25, 0.3) is 5.91 Å². The summed E-state index contributed by atoms with van der Waals surface area (Å²) in [7, 11) is 1.63. The third-order valence-electron chi connectivity index (χ3n) is 3.26. The van der Waals surface area contributed by atoms with Gasteiger partial charge in [-0.05, 0) is 30.2 Å². The summed E-state index contributed by atoms with van der Waals surface area (Å²) >= 11 is 3.41. The molecule has 2 rings (SSSR count). The summed E-state index contributed by atoms with van der Waals surface area (Å²) in [5.74, 6) is 0.617. The topological polar surface area (TPSA) is 59.9 Å². The first-order valence-corrected chi connectivity index (χ1v) is 8.28. The number of hydrogen-bond acceptors (Lipinski definition) is 4. The number of benzene rings is 2. The average Bonchev–Trinajstić information content (AvgIpc) is 2.61. The number of methoxy groups -OCH3 is 1. The molecule has 0 spiro atoms. The Morgan fingerprint density at radius 3 is 2.67 bits per heavy atom. The molecule has 6 heteroatoms. The Labute approximate surface area is 149 Å². The Morgan fingerprint density at radius 2 is 1.96 bits per heavy atom. The highest BCUT2D eigenvalue weighted by molar-refractivity contribution is 9.10. The molecule has 1 amide bonds. The van der Waals surface area contributed by atoms with Gasteiger partial charge in [-0.25, -0.2) is 0 Å². The predicted octanol–water partition coefficient (Wildman–Crippen LogP) is 3.17. The second kappa shape index (κ2) is 9.72. The van der Waals surface area contributed by atoms with Crippen LogP contribution < -0.4 is 10.1 Å². The van der Waals surface area contributed by atoms with Gasteiger partial charge in [0, 0.05) is 16.6 Å². The van der Waals surface area contributed by atoms with Crippen LogP contribution in [0.2, 0.25) is 0 Å². The van der Waals surface area contributed by atoms with Crippen LogP contribution in [0.4, 0.5) is 0 Å². The third-order valence-corrected chi connectivity index (χ3v) is 3.98. The van der Waals surface area contributed by atoms with Crippen molar-refractivity contribution in [3.8, 4) is 5.75 Å². The first kappa shape index (κ1) is 18.0. The minimum absolute atomic E-state index is 0.108. The fourth-order valence-electron chi connectivity index (χ4n) is 1.96. The van der Waals surface area contributed by atoms with Gasteiger partial charge in [-0.2, -0.15) is 0 Å². The number of halogens is 1. The third kappa shape index (κ3) is 6.04. The van der Waals surface area contributed by atoms with Crippen molar-refractivity contribution in [1.29, 1.82) is 0 Å². The van der Waals surface area contributed by atoms with Gasteiger partial charge in [-0.3, -0.25) is 4.79 Å². The fraction of sp³-hybridized carbons (Fsp3) is 0.222.